The third-order valence-electron chi connectivity index (χ3n) is 2.57. The Morgan fingerprint density at radius 3 is 2.38 bits per heavy atom. The summed E-state index contributed by atoms with van der Waals surface area (Å²) in [6.45, 7) is 4.26. The van der Waals surface area contributed by atoms with Crippen molar-refractivity contribution in [2.45, 2.75) is 19.9 Å². The number of rotatable bonds is 5. The molecule has 0 saturated carbocycles. The zero-order valence-electron chi connectivity index (χ0n) is 9.80. The molecular formula is C12H17NO3. The average Bonchev–Trinajstić information content (AvgIpc) is 2.30. The van der Waals surface area contributed by atoms with Gasteiger partial charge in [0, 0.05) is 12.2 Å². The fraction of sp³-hybridized carbons (Fsp3) is 0.417. The molecule has 4 heteroatoms. The normalized spacial score (nSPS) is 11.9. The smallest absolute Gasteiger partial charge is 0.326 e. The maximum absolute atomic E-state index is 10.9. The van der Waals surface area contributed by atoms with E-state index in [-0.39, 0.29) is 0 Å². The fourth-order valence-electron chi connectivity index (χ4n) is 1.59. The molecule has 1 N–H and O–H groups in total. The molecule has 1 rings (SSSR count). The van der Waals surface area contributed by atoms with Gasteiger partial charge in [0.2, 0.25) is 0 Å². The molecule has 0 aliphatic rings. The first-order chi connectivity index (χ1) is 7.60. The van der Waals surface area contributed by atoms with Crippen LogP contribution in [0.2, 0.25) is 0 Å². The van der Waals surface area contributed by atoms with Crippen LogP contribution in [0, 0.1) is 0 Å². The van der Waals surface area contributed by atoms with Crippen LogP contribution >= 0.6 is 0 Å². The number of likely N-dealkylation sites (N-methyl/N-ethyl adjacent to an activating group) is 1. The molecule has 0 heterocycles. The molecule has 1 aromatic rings. The van der Waals surface area contributed by atoms with Crippen LogP contribution in [0.4, 0.5) is 5.69 Å². The predicted molar refractivity (Wildman–Crippen MR) is 63.1 cm³/mol. The summed E-state index contributed by atoms with van der Waals surface area (Å²) in [5.41, 5.74) is 0.887. The topological polar surface area (TPSA) is 49.8 Å². The molecule has 0 unspecified atom stereocenters. The van der Waals surface area contributed by atoms with Gasteiger partial charge in [-0.05, 0) is 38.1 Å². The number of carbonyl (C=O) groups is 1. The van der Waals surface area contributed by atoms with Crippen molar-refractivity contribution in [3.05, 3.63) is 24.3 Å². The fourth-order valence-corrected chi connectivity index (χ4v) is 1.59. The van der Waals surface area contributed by atoms with E-state index in [0.717, 1.165) is 11.4 Å². The summed E-state index contributed by atoms with van der Waals surface area (Å²) in [5, 5.41) is 8.98. The molecule has 0 spiro atoms. The number of anilines is 1. The molecule has 4 nitrogen and oxygen atoms in total. The minimum Gasteiger partial charge on any atom is -0.497 e. The van der Waals surface area contributed by atoms with Crippen molar-refractivity contribution in [1.29, 1.82) is 0 Å². The monoisotopic (exact) mass is 223 g/mol. The summed E-state index contributed by atoms with van der Waals surface area (Å²) in [7, 11) is 1.60. The first-order valence-electron chi connectivity index (χ1n) is 5.23. The van der Waals surface area contributed by atoms with Gasteiger partial charge in [-0.2, -0.15) is 0 Å². The number of carboxylic acid groups (broad SMARTS) is 1. The second kappa shape index (κ2) is 5.39. The summed E-state index contributed by atoms with van der Waals surface area (Å²) < 4.78 is 5.06. The number of methoxy groups -OCH3 is 1. The molecule has 0 fully saturated rings. The van der Waals surface area contributed by atoms with Crippen LogP contribution in [0.5, 0.6) is 5.75 Å². The van der Waals surface area contributed by atoms with E-state index in [1.165, 1.54) is 0 Å². The Kier molecular flexibility index (Phi) is 4.17. The van der Waals surface area contributed by atoms with Gasteiger partial charge >= 0.3 is 5.97 Å². The van der Waals surface area contributed by atoms with E-state index in [1.54, 1.807) is 14.0 Å². The molecule has 0 amide bonds. The van der Waals surface area contributed by atoms with E-state index in [9.17, 15) is 4.79 Å². The lowest BCUT2D eigenvalue weighted by atomic mass is 10.2. The quantitative estimate of drug-likeness (QED) is 0.829. The Balaban J connectivity index is 2.90. The molecule has 0 radical (unpaired) electrons. The molecule has 0 aliphatic carbocycles. The van der Waals surface area contributed by atoms with Gasteiger partial charge in [0.25, 0.3) is 0 Å². The Hall–Kier alpha value is -1.71. The molecule has 16 heavy (non-hydrogen) atoms. The zero-order chi connectivity index (χ0) is 12.1. The van der Waals surface area contributed by atoms with Crippen molar-refractivity contribution in [3.8, 4) is 5.75 Å². The molecule has 88 valence electrons. The van der Waals surface area contributed by atoms with Crippen LogP contribution in [0.3, 0.4) is 0 Å². The second-order valence-electron chi connectivity index (χ2n) is 3.50. The van der Waals surface area contributed by atoms with Gasteiger partial charge in [0.05, 0.1) is 7.11 Å². The van der Waals surface area contributed by atoms with Crippen molar-refractivity contribution >= 4 is 11.7 Å². The lowest BCUT2D eigenvalue weighted by molar-refractivity contribution is -0.138. The van der Waals surface area contributed by atoms with Gasteiger partial charge in [-0.25, -0.2) is 4.79 Å². The van der Waals surface area contributed by atoms with E-state index >= 15 is 0 Å². The molecular weight excluding hydrogens is 206 g/mol. The van der Waals surface area contributed by atoms with E-state index in [1.807, 2.05) is 36.1 Å². The third kappa shape index (κ3) is 2.66. The molecule has 0 aliphatic heterocycles. The Morgan fingerprint density at radius 2 is 2.00 bits per heavy atom. The molecule has 0 bridgehead atoms. The van der Waals surface area contributed by atoms with Gasteiger partial charge in [0.1, 0.15) is 11.8 Å². The van der Waals surface area contributed by atoms with Gasteiger partial charge in [0.15, 0.2) is 0 Å². The molecule has 1 aromatic carbocycles. The number of nitrogens with zero attached hydrogens (tertiary/aromatic N) is 1. The molecule has 1 atom stereocenters. The summed E-state index contributed by atoms with van der Waals surface area (Å²) in [6, 6.07) is 6.85. The van der Waals surface area contributed by atoms with Crippen molar-refractivity contribution in [3.63, 3.8) is 0 Å². The largest absolute Gasteiger partial charge is 0.497 e. The minimum absolute atomic E-state index is 0.529. The number of carboxylic acids is 1. The van der Waals surface area contributed by atoms with Crippen molar-refractivity contribution < 1.29 is 14.6 Å². The molecule has 0 saturated heterocycles. The highest BCUT2D eigenvalue weighted by molar-refractivity contribution is 5.77. The summed E-state index contributed by atoms with van der Waals surface area (Å²) in [6.07, 6.45) is 0. The van der Waals surface area contributed by atoms with Gasteiger partial charge in [-0.15, -0.1) is 0 Å². The highest BCUT2D eigenvalue weighted by Crippen LogP contribution is 2.20. The second-order valence-corrected chi connectivity index (χ2v) is 3.50. The van der Waals surface area contributed by atoms with Gasteiger partial charge < -0.3 is 14.7 Å². The zero-order valence-corrected chi connectivity index (χ0v) is 9.80. The first-order valence-corrected chi connectivity index (χ1v) is 5.23. The molecule has 0 aromatic heterocycles. The maximum Gasteiger partial charge on any atom is 0.326 e. The van der Waals surface area contributed by atoms with Crippen molar-refractivity contribution in [1.82, 2.24) is 0 Å². The lowest BCUT2D eigenvalue weighted by Gasteiger charge is -2.27. The number of hydrogen-bond acceptors (Lipinski definition) is 3. The summed E-state index contributed by atoms with van der Waals surface area (Å²) in [5.74, 6) is -0.0551. The maximum atomic E-state index is 10.9. The summed E-state index contributed by atoms with van der Waals surface area (Å²) >= 11 is 0. The standard InChI is InChI=1S/C12H17NO3/c1-4-13(9(2)12(14)15)10-5-7-11(16-3)8-6-10/h5-9H,4H2,1-3H3,(H,14,15)/t9-/m1/s1. The Bertz CT molecular complexity index is 348. The van der Waals surface area contributed by atoms with Crippen LogP contribution < -0.4 is 9.64 Å². The minimum atomic E-state index is -0.822. The van der Waals surface area contributed by atoms with E-state index in [2.05, 4.69) is 0 Å². The first kappa shape index (κ1) is 12.4. The highest BCUT2D eigenvalue weighted by atomic mass is 16.5. The van der Waals surface area contributed by atoms with E-state index in [4.69, 9.17) is 9.84 Å². The number of ether oxygens (including phenoxy) is 1. The Morgan fingerprint density at radius 1 is 1.44 bits per heavy atom. The number of aliphatic carboxylic acids is 1. The Labute approximate surface area is 95.5 Å². The van der Waals surface area contributed by atoms with Crippen LogP contribution in [-0.4, -0.2) is 30.8 Å². The summed E-state index contributed by atoms with van der Waals surface area (Å²) in [4.78, 5) is 12.8. The van der Waals surface area contributed by atoms with Crippen LogP contribution in [-0.2, 0) is 4.79 Å². The van der Waals surface area contributed by atoms with Crippen LogP contribution in [0.25, 0.3) is 0 Å². The van der Waals surface area contributed by atoms with Crippen LogP contribution in [0.15, 0.2) is 24.3 Å². The lowest BCUT2D eigenvalue weighted by Crippen LogP contribution is -2.38. The van der Waals surface area contributed by atoms with Crippen LogP contribution in [0.1, 0.15) is 13.8 Å². The number of benzene rings is 1. The third-order valence-corrected chi connectivity index (χ3v) is 2.57. The van der Waals surface area contributed by atoms with E-state index in [0.29, 0.717) is 6.54 Å². The van der Waals surface area contributed by atoms with Gasteiger partial charge in [-0.1, -0.05) is 0 Å². The van der Waals surface area contributed by atoms with Gasteiger partial charge in [-0.3, -0.25) is 0 Å². The SMILES string of the molecule is CCN(c1ccc(OC)cc1)[C@H](C)C(=O)O. The predicted octanol–water partition coefficient (Wildman–Crippen LogP) is 1.99. The average molecular weight is 223 g/mol. The van der Waals surface area contributed by atoms with Crippen molar-refractivity contribution in [2.75, 3.05) is 18.6 Å². The van der Waals surface area contributed by atoms with Crippen molar-refractivity contribution in [2.24, 2.45) is 0 Å². The number of hydrogen-bond donors (Lipinski definition) is 1. The highest BCUT2D eigenvalue weighted by Gasteiger charge is 2.19. The van der Waals surface area contributed by atoms with E-state index < -0.39 is 12.0 Å².